The van der Waals surface area contributed by atoms with Crippen LogP contribution in [-0.4, -0.2) is 31.3 Å². The maximum absolute atomic E-state index is 12.0. The van der Waals surface area contributed by atoms with Gasteiger partial charge in [0.05, 0.1) is 6.61 Å². The van der Waals surface area contributed by atoms with E-state index in [0.29, 0.717) is 25.4 Å². The number of esters is 1. The van der Waals surface area contributed by atoms with Gasteiger partial charge in [0.1, 0.15) is 11.4 Å². The Morgan fingerprint density at radius 3 is 2.59 bits per heavy atom. The van der Waals surface area contributed by atoms with Crippen LogP contribution in [0, 0.1) is 5.92 Å². The third-order valence-electron chi connectivity index (χ3n) is 4.24. The zero-order chi connectivity index (χ0) is 15.8. The van der Waals surface area contributed by atoms with Crippen molar-refractivity contribution in [2.24, 2.45) is 5.92 Å². The van der Waals surface area contributed by atoms with Crippen LogP contribution in [0.3, 0.4) is 0 Å². The Balaban J connectivity index is 1.66. The van der Waals surface area contributed by atoms with E-state index in [1.54, 1.807) is 0 Å². The van der Waals surface area contributed by atoms with E-state index in [1.807, 2.05) is 44.2 Å². The van der Waals surface area contributed by atoms with Crippen LogP contribution < -0.4 is 10.1 Å². The molecule has 1 aromatic rings. The first kappa shape index (κ1) is 16.8. The highest BCUT2D eigenvalue weighted by atomic mass is 16.6. The van der Waals surface area contributed by atoms with Gasteiger partial charge in [-0.1, -0.05) is 18.2 Å². The fourth-order valence-electron chi connectivity index (χ4n) is 2.87. The molecule has 0 aromatic heterocycles. The van der Waals surface area contributed by atoms with E-state index >= 15 is 0 Å². The predicted molar refractivity (Wildman–Crippen MR) is 86.9 cm³/mol. The molecule has 0 bridgehead atoms. The lowest BCUT2D eigenvalue weighted by Gasteiger charge is -2.36. The molecule has 0 saturated carbocycles. The van der Waals surface area contributed by atoms with Crippen LogP contribution in [-0.2, 0) is 9.53 Å². The van der Waals surface area contributed by atoms with Gasteiger partial charge in [-0.15, -0.1) is 0 Å². The SMILES string of the molecule is CC(C)(OC(=O)CCCOc1ccccc1)C1CCNCC1. The second-order valence-electron chi connectivity index (χ2n) is 6.37. The lowest BCUT2D eigenvalue weighted by atomic mass is 9.83. The Kier molecular flexibility index (Phi) is 6.25. The van der Waals surface area contributed by atoms with Crippen LogP contribution in [0.15, 0.2) is 30.3 Å². The molecule has 1 fully saturated rings. The fourth-order valence-corrected chi connectivity index (χ4v) is 2.87. The maximum Gasteiger partial charge on any atom is 0.306 e. The topological polar surface area (TPSA) is 47.6 Å². The summed E-state index contributed by atoms with van der Waals surface area (Å²) in [5.74, 6) is 1.16. The van der Waals surface area contributed by atoms with Crippen molar-refractivity contribution in [2.75, 3.05) is 19.7 Å². The first-order valence-corrected chi connectivity index (χ1v) is 8.18. The summed E-state index contributed by atoms with van der Waals surface area (Å²) < 4.78 is 11.3. The number of carbonyl (C=O) groups excluding carboxylic acids is 1. The van der Waals surface area contributed by atoms with Crippen molar-refractivity contribution < 1.29 is 14.3 Å². The van der Waals surface area contributed by atoms with Gasteiger partial charge in [-0.3, -0.25) is 4.79 Å². The van der Waals surface area contributed by atoms with Crippen LogP contribution in [0.1, 0.15) is 39.5 Å². The third kappa shape index (κ3) is 5.34. The molecule has 0 spiro atoms. The number of hydrogen-bond acceptors (Lipinski definition) is 4. The van der Waals surface area contributed by atoms with Gasteiger partial charge >= 0.3 is 5.97 Å². The molecule has 1 saturated heterocycles. The Bertz CT molecular complexity index is 453. The van der Waals surface area contributed by atoms with Crippen LogP contribution in [0.5, 0.6) is 5.75 Å². The number of nitrogens with one attached hydrogen (secondary N) is 1. The predicted octanol–water partition coefficient (Wildman–Crippen LogP) is 3.17. The van der Waals surface area contributed by atoms with Gasteiger partial charge in [0.15, 0.2) is 0 Å². The van der Waals surface area contributed by atoms with Gasteiger partial charge in [0, 0.05) is 12.3 Å². The summed E-state index contributed by atoms with van der Waals surface area (Å²) in [7, 11) is 0. The van der Waals surface area contributed by atoms with E-state index in [4.69, 9.17) is 9.47 Å². The summed E-state index contributed by atoms with van der Waals surface area (Å²) in [6.45, 7) is 6.61. The molecule has 4 nitrogen and oxygen atoms in total. The number of piperidine rings is 1. The monoisotopic (exact) mass is 305 g/mol. The number of hydrogen-bond donors (Lipinski definition) is 1. The molecule has 1 heterocycles. The number of benzene rings is 1. The van der Waals surface area contributed by atoms with Gasteiger partial charge < -0.3 is 14.8 Å². The first-order chi connectivity index (χ1) is 10.6. The molecular weight excluding hydrogens is 278 g/mol. The Morgan fingerprint density at radius 2 is 1.91 bits per heavy atom. The molecule has 1 aliphatic heterocycles. The van der Waals surface area contributed by atoms with E-state index in [2.05, 4.69) is 5.32 Å². The van der Waals surface area contributed by atoms with Crippen LogP contribution in [0.2, 0.25) is 0 Å². The van der Waals surface area contributed by atoms with Crippen molar-refractivity contribution >= 4 is 5.97 Å². The normalized spacial score (nSPS) is 16.3. The van der Waals surface area contributed by atoms with Crippen molar-refractivity contribution in [3.05, 3.63) is 30.3 Å². The minimum atomic E-state index is -0.376. The van der Waals surface area contributed by atoms with Crippen molar-refractivity contribution in [1.82, 2.24) is 5.32 Å². The molecule has 0 amide bonds. The van der Waals surface area contributed by atoms with Crippen molar-refractivity contribution in [2.45, 2.75) is 45.1 Å². The maximum atomic E-state index is 12.0. The second-order valence-corrected chi connectivity index (χ2v) is 6.37. The zero-order valence-electron chi connectivity index (χ0n) is 13.6. The summed E-state index contributed by atoms with van der Waals surface area (Å²) in [6.07, 6.45) is 3.21. The van der Waals surface area contributed by atoms with Gasteiger partial charge in [0.25, 0.3) is 0 Å². The molecule has 122 valence electrons. The summed E-state index contributed by atoms with van der Waals surface area (Å²) in [4.78, 5) is 12.0. The van der Waals surface area contributed by atoms with Crippen LogP contribution in [0.25, 0.3) is 0 Å². The van der Waals surface area contributed by atoms with Gasteiger partial charge in [0.2, 0.25) is 0 Å². The van der Waals surface area contributed by atoms with Crippen molar-refractivity contribution in [1.29, 1.82) is 0 Å². The van der Waals surface area contributed by atoms with E-state index in [0.717, 1.165) is 31.7 Å². The molecule has 0 unspecified atom stereocenters. The number of ether oxygens (including phenoxy) is 2. The highest BCUT2D eigenvalue weighted by Crippen LogP contribution is 2.29. The molecule has 4 heteroatoms. The fraction of sp³-hybridized carbons (Fsp3) is 0.611. The minimum Gasteiger partial charge on any atom is -0.494 e. The second kappa shape index (κ2) is 8.18. The van der Waals surface area contributed by atoms with Crippen LogP contribution >= 0.6 is 0 Å². The summed E-state index contributed by atoms with van der Waals surface area (Å²) in [5.41, 5.74) is -0.376. The Hall–Kier alpha value is -1.55. The van der Waals surface area contributed by atoms with E-state index in [9.17, 15) is 4.79 Å². The third-order valence-corrected chi connectivity index (χ3v) is 4.24. The first-order valence-electron chi connectivity index (χ1n) is 8.18. The largest absolute Gasteiger partial charge is 0.494 e. The summed E-state index contributed by atoms with van der Waals surface area (Å²) in [5, 5.41) is 3.34. The Morgan fingerprint density at radius 1 is 1.23 bits per heavy atom. The van der Waals surface area contributed by atoms with E-state index in [1.165, 1.54) is 0 Å². The van der Waals surface area contributed by atoms with E-state index in [-0.39, 0.29) is 11.6 Å². The van der Waals surface area contributed by atoms with E-state index < -0.39 is 0 Å². The molecule has 0 aliphatic carbocycles. The van der Waals surface area contributed by atoms with Crippen molar-refractivity contribution in [3.63, 3.8) is 0 Å². The molecule has 1 aliphatic rings. The molecule has 0 radical (unpaired) electrons. The molecular formula is C18H27NO3. The zero-order valence-corrected chi connectivity index (χ0v) is 13.6. The number of rotatable bonds is 7. The molecule has 2 rings (SSSR count). The standard InChI is InChI=1S/C18H27NO3/c1-18(2,15-10-12-19-13-11-15)22-17(20)9-6-14-21-16-7-4-3-5-8-16/h3-5,7-8,15,19H,6,9-14H2,1-2H3. The van der Waals surface area contributed by atoms with Gasteiger partial charge in [-0.2, -0.15) is 0 Å². The molecule has 0 atom stereocenters. The lowest BCUT2D eigenvalue weighted by molar-refractivity contribution is -0.163. The summed E-state index contributed by atoms with van der Waals surface area (Å²) >= 11 is 0. The molecule has 1 N–H and O–H groups in total. The highest BCUT2D eigenvalue weighted by molar-refractivity contribution is 5.69. The number of para-hydroxylation sites is 1. The average Bonchev–Trinajstić information content (AvgIpc) is 2.53. The lowest BCUT2D eigenvalue weighted by Crippen LogP contribution is -2.42. The quantitative estimate of drug-likeness (QED) is 0.621. The average molecular weight is 305 g/mol. The Labute approximate surface area is 133 Å². The number of carbonyl (C=O) groups is 1. The van der Waals surface area contributed by atoms with Crippen molar-refractivity contribution in [3.8, 4) is 5.75 Å². The molecule has 22 heavy (non-hydrogen) atoms. The van der Waals surface area contributed by atoms with Crippen LogP contribution in [0.4, 0.5) is 0 Å². The smallest absolute Gasteiger partial charge is 0.306 e. The van der Waals surface area contributed by atoms with Gasteiger partial charge in [-0.25, -0.2) is 0 Å². The highest BCUT2D eigenvalue weighted by Gasteiger charge is 2.33. The van der Waals surface area contributed by atoms with Gasteiger partial charge in [-0.05, 0) is 58.3 Å². The minimum absolute atomic E-state index is 0.125. The summed E-state index contributed by atoms with van der Waals surface area (Å²) in [6, 6.07) is 9.65. The molecule has 1 aromatic carbocycles.